The Balaban J connectivity index is 1.51. The molecule has 1 saturated heterocycles. The van der Waals surface area contributed by atoms with Crippen molar-refractivity contribution in [3.63, 3.8) is 0 Å². The summed E-state index contributed by atoms with van der Waals surface area (Å²) >= 11 is 0. The van der Waals surface area contributed by atoms with Crippen LogP contribution in [0.3, 0.4) is 0 Å². The maximum Gasteiger partial charge on any atom is 0.184 e. The number of aliphatic hydroxyl groups is 1. The predicted molar refractivity (Wildman–Crippen MR) is 132 cm³/mol. The lowest BCUT2D eigenvalue weighted by atomic mass is 9.98. The summed E-state index contributed by atoms with van der Waals surface area (Å²) in [7, 11) is 0. The standard InChI is InChI=1S/C29H34O6/c1-2-32-28-27(34-20-24-16-10-5-11-17-24)26(33-19-23-14-8-4-9-15-23)25(35-29(28)30)21-31-18-22-12-6-3-7-13-22/h3-17,25-30H,2,18-21H2,1H3/t25-,26-,27+,28-,29+/m1/s1. The molecule has 1 fully saturated rings. The van der Waals surface area contributed by atoms with Crippen molar-refractivity contribution in [1.82, 2.24) is 0 Å². The molecule has 186 valence electrons. The minimum Gasteiger partial charge on any atom is -0.374 e. The normalized spacial score (nSPS) is 24.3. The second-order valence-electron chi connectivity index (χ2n) is 8.51. The highest BCUT2D eigenvalue weighted by molar-refractivity contribution is 5.15. The van der Waals surface area contributed by atoms with Gasteiger partial charge in [0.15, 0.2) is 6.29 Å². The SMILES string of the molecule is CCO[C@@H]1[C@@H](OCc2ccccc2)[C@H](OCc2ccccc2)[C@@H](COCc2ccccc2)O[C@@H]1O. The van der Waals surface area contributed by atoms with Crippen LogP contribution in [-0.4, -0.2) is 49.0 Å². The fraction of sp³-hybridized carbons (Fsp3) is 0.379. The Hall–Kier alpha value is -2.58. The first-order valence-electron chi connectivity index (χ1n) is 12.1. The number of benzene rings is 3. The lowest BCUT2D eigenvalue weighted by Crippen LogP contribution is -2.61. The van der Waals surface area contributed by atoms with Crippen molar-refractivity contribution in [3.05, 3.63) is 108 Å². The molecular formula is C29H34O6. The zero-order valence-corrected chi connectivity index (χ0v) is 20.1. The predicted octanol–water partition coefficient (Wildman–Crippen LogP) is 4.50. The summed E-state index contributed by atoms with van der Waals surface area (Å²) in [5.41, 5.74) is 3.13. The van der Waals surface area contributed by atoms with Gasteiger partial charge in [-0.3, -0.25) is 0 Å². The molecule has 0 saturated carbocycles. The molecule has 5 atom stereocenters. The quantitative estimate of drug-likeness (QED) is 0.414. The zero-order chi connectivity index (χ0) is 24.3. The average Bonchev–Trinajstić information content (AvgIpc) is 2.90. The highest BCUT2D eigenvalue weighted by Gasteiger charge is 2.47. The second kappa shape index (κ2) is 13.5. The van der Waals surface area contributed by atoms with E-state index in [1.54, 1.807) is 0 Å². The van der Waals surface area contributed by atoms with Crippen LogP contribution in [0, 0.1) is 0 Å². The summed E-state index contributed by atoms with van der Waals surface area (Å²) in [6, 6.07) is 29.8. The first-order valence-corrected chi connectivity index (χ1v) is 12.1. The maximum absolute atomic E-state index is 10.8. The molecule has 6 heteroatoms. The maximum atomic E-state index is 10.8. The number of hydrogen-bond acceptors (Lipinski definition) is 6. The molecule has 0 amide bonds. The van der Waals surface area contributed by atoms with Gasteiger partial charge in [-0.25, -0.2) is 0 Å². The van der Waals surface area contributed by atoms with E-state index >= 15 is 0 Å². The Morgan fingerprint density at radius 3 is 1.63 bits per heavy atom. The molecule has 6 nitrogen and oxygen atoms in total. The van der Waals surface area contributed by atoms with Crippen LogP contribution >= 0.6 is 0 Å². The summed E-state index contributed by atoms with van der Waals surface area (Å²) < 4.78 is 30.6. The van der Waals surface area contributed by atoms with Gasteiger partial charge in [-0.2, -0.15) is 0 Å². The molecule has 1 N–H and O–H groups in total. The molecule has 0 aliphatic carbocycles. The van der Waals surface area contributed by atoms with Crippen molar-refractivity contribution in [3.8, 4) is 0 Å². The van der Waals surface area contributed by atoms with E-state index in [2.05, 4.69) is 0 Å². The van der Waals surface area contributed by atoms with Gasteiger partial charge in [0.2, 0.25) is 0 Å². The summed E-state index contributed by atoms with van der Waals surface area (Å²) in [5.74, 6) is 0. The van der Waals surface area contributed by atoms with Crippen molar-refractivity contribution < 1.29 is 28.8 Å². The summed E-state index contributed by atoms with van der Waals surface area (Å²) in [6.45, 7) is 3.73. The molecule has 0 bridgehead atoms. The summed E-state index contributed by atoms with van der Waals surface area (Å²) in [4.78, 5) is 0. The Morgan fingerprint density at radius 2 is 1.11 bits per heavy atom. The number of aliphatic hydroxyl groups excluding tert-OH is 1. The molecule has 1 aliphatic heterocycles. The largest absolute Gasteiger partial charge is 0.374 e. The van der Waals surface area contributed by atoms with E-state index in [4.69, 9.17) is 23.7 Å². The topological polar surface area (TPSA) is 66.4 Å². The third kappa shape index (κ3) is 7.45. The van der Waals surface area contributed by atoms with E-state index in [0.29, 0.717) is 26.4 Å². The molecule has 3 aromatic carbocycles. The fourth-order valence-electron chi connectivity index (χ4n) is 4.19. The van der Waals surface area contributed by atoms with E-state index in [1.165, 1.54) is 0 Å². The van der Waals surface area contributed by atoms with E-state index in [0.717, 1.165) is 16.7 Å². The molecule has 1 aliphatic rings. The minimum atomic E-state index is -1.15. The van der Waals surface area contributed by atoms with Crippen molar-refractivity contribution in [2.75, 3.05) is 13.2 Å². The van der Waals surface area contributed by atoms with E-state index in [9.17, 15) is 5.11 Å². The second-order valence-corrected chi connectivity index (χ2v) is 8.51. The highest BCUT2D eigenvalue weighted by atomic mass is 16.7. The lowest BCUT2D eigenvalue weighted by Gasteiger charge is -2.44. The first kappa shape index (κ1) is 25.5. The van der Waals surface area contributed by atoms with Crippen LogP contribution in [0.4, 0.5) is 0 Å². The van der Waals surface area contributed by atoms with Crippen LogP contribution in [0.5, 0.6) is 0 Å². The minimum absolute atomic E-state index is 0.245. The molecule has 3 aromatic rings. The van der Waals surface area contributed by atoms with Crippen LogP contribution in [0.25, 0.3) is 0 Å². The zero-order valence-electron chi connectivity index (χ0n) is 20.1. The van der Waals surface area contributed by atoms with Crippen LogP contribution in [0.2, 0.25) is 0 Å². The third-order valence-corrected chi connectivity index (χ3v) is 5.93. The van der Waals surface area contributed by atoms with Gasteiger partial charge in [0.05, 0.1) is 26.4 Å². The summed E-state index contributed by atoms with van der Waals surface area (Å²) in [5, 5.41) is 10.8. The Kier molecular flexibility index (Phi) is 9.84. The van der Waals surface area contributed by atoms with E-state index in [-0.39, 0.29) is 6.61 Å². The first-order chi connectivity index (χ1) is 17.2. The molecule has 0 radical (unpaired) electrons. The smallest absolute Gasteiger partial charge is 0.184 e. The molecule has 1 heterocycles. The van der Waals surface area contributed by atoms with Gasteiger partial charge < -0.3 is 28.8 Å². The third-order valence-electron chi connectivity index (χ3n) is 5.93. The molecule has 0 spiro atoms. The molecule has 0 aromatic heterocycles. The molecule has 35 heavy (non-hydrogen) atoms. The van der Waals surface area contributed by atoms with Crippen molar-refractivity contribution in [2.24, 2.45) is 0 Å². The number of ether oxygens (including phenoxy) is 5. The lowest BCUT2D eigenvalue weighted by molar-refractivity contribution is -0.314. The van der Waals surface area contributed by atoms with Gasteiger partial charge in [-0.05, 0) is 23.6 Å². The number of hydrogen-bond donors (Lipinski definition) is 1. The van der Waals surface area contributed by atoms with Crippen LogP contribution in [-0.2, 0) is 43.5 Å². The Morgan fingerprint density at radius 1 is 0.629 bits per heavy atom. The average molecular weight is 479 g/mol. The van der Waals surface area contributed by atoms with Gasteiger partial charge in [0.1, 0.15) is 24.4 Å². The summed E-state index contributed by atoms with van der Waals surface area (Å²) in [6.07, 6.45) is -3.43. The number of rotatable bonds is 12. The van der Waals surface area contributed by atoms with Gasteiger partial charge in [0, 0.05) is 6.61 Å². The highest BCUT2D eigenvalue weighted by Crippen LogP contribution is 2.29. The van der Waals surface area contributed by atoms with Crippen LogP contribution in [0.15, 0.2) is 91.0 Å². The molecular weight excluding hydrogens is 444 g/mol. The van der Waals surface area contributed by atoms with Gasteiger partial charge in [-0.15, -0.1) is 0 Å². The molecule has 0 unspecified atom stereocenters. The monoisotopic (exact) mass is 478 g/mol. The Bertz CT molecular complexity index is 968. The van der Waals surface area contributed by atoms with Crippen molar-refractivity contribution in [1.29, 1.82) is 0 Å². The van der Waals surface area contributed by atoms with Crippen LogP contribution < -0.4 is 0 Å². The van der Waals surface area contributed by atoms with Gasteiger partial charge in [0.25, 0.3) is 0 Å². The van der Waals surface area contributed by atoms with Crippen molar-refractivity contribution in [2.45, 2.75) is 57.5 Å². The Labute approximate surface area is 207 Å². The van der Waals surface area contributed by atoms with E-state index in [1.807, 2.05) is 97.9 Å². The van der Waals surface area contributed by atoms with Gasteiger partial charge in [-0.1, -0.05) is 91.0 Å². The molecule has 4 rings (SSSR count). The fourth-order valence-corrected chi connectivity index (χ4v) is 4.19. The van der Waals surface area contributed by atoms with E-state index < -0.39 is 30.7 Å². The van der Waals surface area contributed by atoms with Crippen LogP contribution in [0.1, 0.15) is 23.6 Å². The van der Waals surface area contributed by atoms with Crippen molar-refractivity contribution >= 4 is 0 Å². The van der Waals surface area contributed by atoms with Gasteiger partial charge >= 0.3 is 0 Å².